The van der Waals surface area contributed by atoms with Crippen LogP contribution in [0.15, 0.2) is 6.33 Å². The second-order valence-corrected chi connectivity index (χ2v) is 3.90. The molecule has 0 bridgehead atoms. The van der Waals surface area contributed by atoms with E-state index in [1.54, 1.807) is 0 Å². The van der Waals surface area contributed by atoms with Gasteiger partial charge < -0.3 is 10.2 Å². The molecule has 0 amide bonds. The van der Waals surface area contributed by atoms with E-state index in [0.29, 0.717) is 17.9 Å². The van der Waals surface area contributed by atoms with Gasteiger partial charge in [-0.25, -0.2) is 14.4 Å². The molecule has 1 aromatic rings. The summed E-state index contributed by atoms with van der Waals surface area (Å²) in [7, 11) is 0. The summed E-state index contributed by atoms with van der Waals surface area (Å²) >= 11 is 0. The van der Waals surface area contributed by atoms with Gasteiger partial charge in [0.25, 0.3) is 0 Å². The fraction of sp³-hybridized carbons (Fsp3) is 0.636. The van der Waals surface area contributed by atoms with Crippen molar-refractivity contribution in [2.24, 2.45) is 0 Å². The molecule has 1 aliphatic heterocycles. The molecule has 4 nitrogen and oxygen atoms in total. The van der Waals surface area contributed by atoms with Crippen LogP contribution < -0.4 is 10.2 Å². The van der Waals surface area contributed by atoms with Crippen molar-refractivity contribution in [3.05, 3.63) is 17.8 Å². The molecule has 1 N–H and O–H groups in total. The first-order chi connectivity index (χ1) is 7.83. The SMILES string of the molecule is CCc1ncnc(N2CCCNCC2)c1F. The van der Waals surface area contributed by atoms with Crippen LogP contribution in [0.3, 0.4) is 0 Å². The topological polar surface area (TPSA) is 41.1 Å². The molecule has 1 aliphatic rings. The van der Waals surface area contributed by atoms with Gasteiger partial charge in [0, 0.05) is 19.6 Å². The predicted octanol–water partition coefficient (Wildman–Crippen LogP) is 0.978. The van der Waals surface area contributed by atoms with E-state index in [1.165, 1.54) is 6.33 Å². The number of anilines is 1. The van der Waals surface area contributed by atoms with Crippen molar-refractivity contribution in [1.29, 1.82) is 0 Å². The van der Waals surface area contributed by atoms with Crippen LogP contribution in [0.25, 0.3) is 0 Å². The summed E-state index contributed by atoms with van der Waals surface area (Å²) in [5, 5.41) is 3.29. The van der Waals surface area contributed by atoms with Crippen LogP contribution in [0.5, 0.6) is 0 Å². The first-order valence-corrected chi connectivity index (χ1v) is 5.78. The van der Waals surface area contributed by atoms with Gasteiger partial charge in [0.05, 0.1) is 5.69 Å². The lowest BCUT2D eigenvalue weighted by molar-refractivity contribution is 0.584. The van der Waals surface area contributed by atoms with E-state index in [-0.39, 0.29) is 5.82 Å². The second-order valence-electron chi connectivity index (χ2n) is 3.90. The molecular weight excluding hydrogens is 207 g/mol. The smallest absolute Gasteiger partial charge is 0.187 e. The maximum absolute atomic E-state index is 14.0. The normalized spacial score (nSPS) is 17.2. The maximum atomic E-state index is 14.0. The molecule has 16 heavy (non-hydrogen) atoms. The van der Waals surface area contributed by atoms with Gasteiger partial charge in [-0.2, -0.15) is 0 Å². The van der Waals surface area contributed by atoms with Gasteiger partial charge in [-0.15, -0.1) is 0 Å². The summed E-state index contributed by atoms with van der Waals surface area (Å²) in [6.45, 7) is 5.43. The lowest BCUT2D eigenvalue weighted by atomic mass is 10.3. The molecule has 5 heteroatoms. The fourth-order valence-corrected chi connectivity index (χ4v) is 1.92. The van der Waals surface area contributed by atoms with Crippen LogP contribution in [-0.2, 0) is 6.42 Å². The van der Waals surface area contributed by atoms with Crippen LogP contribution in [-0.4, -0.2) is 36.1 Å². The first kappa shape index (κ1) is 11.3. The molecule has 1 aromatic heterocycles. The molecular formula is C11H17FN4. The van der Waals surface area contributed by atoms with Crippen molar-refractivity contribution in [3.63, 3.8) is 0 Å². The highest BCUT2D eigenvalue weighted by atomic mass is 19.1. The highest BCUT2D eigenvalue weighted by Crippen LogP contribution is 2.18. The fourth-order valence-electron chi connectivity index (χ4n) is 1.92. The highest BCUT2D eigenvalue weighted by molar-refractivity contribution is 5.41. The minimum atomic E-state index is -0.257. The monoisotopic (exact) mass is 224 g/mol. The lowest BCUT2D eigenvalue weighted by Gasteiger charge is -2.21. The van der Waals surface area contributed by atoms with Gasteiger partial charge in [-0.05, 0) is 19.4 Å². The zero-order chi connectivity index (χ0) is 11.4. The standard InChI is InChI=1S/C11H17FN4/c1-2-9-10(12)11(15-8-14-9)16-6-3-4-13-5-7-16/h8,13H,2-7H2,1H3. The third-order valence-corrected chi connectivity index (χ3v) is 2.82. The molecule has 2 heterocycles. The Morgan fingerprint density at radius 3 is 3.06 bits per heavy atom. The summed E-state index contributed by atoms with van der Waals surface area (Å²) < 4.78 is 14.0. The number of nitrogens with one attached hydrogen (secondary N) is 1. The molecule has 2 rings (SSSR count). The second kappa shape index (κ2) is 5.21. The van der Waals surface area contributed by atoms with Gasteiger partial charge in [-0.3, -0.25) is 0 Å². The zero-order valence-electron chi connectivity index (χ0n) is 9.54. The Morgan fingerprint density at radius 1 is 1.38 bits per heavy atom. The Morgan fingerprint density at radius 2 is 2.25 bits per heavy atom. The largest absolute Gasteiger partial charge is 0.353 e. The zero-order valence-corrected chi connectivity index (χ0v) is 9.54. The number of rotatable bonds is 2. The quantitative estimate of drug-likeness (QED) is 0.813. The van der Waals surface area contributed by atoms with Gasteiger partial charge >= 0.3 is 0 Å². The van der Waals surface area contributed by atoms with Crippen molar-refractivity contribution < 1.29 is 4.39 Å². The van der Waals surface area contributed by atoms with Crippen molar-refractivity contribution in [3.8, 4) is 0 Å². The summed E-state index contributed by atoms with van der Waals surface area (Å²) in [4.78, 5) is 10.0. The number of halogens is 1. The number of aryl methyl sites for hydroxylation is 1. The van der Waals surface area contributed by atoms with Crippen molar-refractivity contribution >= 4 is 5.82 Å². The van der Waals surface area contributed by atoms with Crippen LogP contribution in [0.1, 0.15) is 19.0 Å². The van der Waals surface area contributed by atoms with Gasteiger partial charge in [0.15, 0.2) is 11.6 Å². The van der Waals surface area contributed by atoms with Gasteiger partial charge in [0.2, 0.25) is 0 Å². The number of hydrogen-bond donors (Lipinski definition) is 1. The van der Waals surface area contributed by atoms with Crippen molar-refractivity contribution in [1.82, 2.24) is 15.3 Å². The summed E-state index contributed by atoms with van der Waals surface area (Å²) in [5.41, 5.74) is 0.502. The molecule has 0 radical (unpaired) electrons. The third kappa shape index (κ3) is 2.29. The van der Waals surface area contributed by atoms with Crippen molar-refractivity contribution in [2.45, 2.75) is 19.8 Å². The molecule has 1 fully saturated rings. The van der Waals surface area contributed by atoms with Gasteiger partial charge in [-0.1, -0.05) is 6.92 Å². The van der Waals surface area contributed by atoms with Crippen LogP contribution in [0.4, 0.5) is 10.2 Å². The highest BCUT2D eigenvalue weighted by Gasteiger charge is 2.17. The Hall–Kier alpha value is -1.23. The van der Waals surface area contributed by atoms with E-state index in [9.17, 15) is 4.39 Å². The maximum Gasteiger partial charge on any atom is 0.187 e. The molecule has 0 spiro atoms. The Kier molecular flexibility index (Phi) is 3.66. The Balaban J connectivity index is 2.24. The molecule has 0 aliphatic carbocycles. The van der Waals surface area contributed by atoms with Crippen LogP contribution in [0, 0.1) is 5.82 Å². The lowest BCUT2D eigenvalue weighted by Crippen LogP contribution is -2.29. The van der Waals surface area contributed by atoms with E-state index < -0.39 is 0 Å². The number of nitrogens with zero attached hydrogens (tertiary/aromatic N) is 3. The number of aromatic nitrogens is 2. The minimum absolute atomic E-state index is 0.257. The first-order valence-electron chi connectivity index (χ1n) is 5.78. The van der Waals surface area contributed by atoms with E-state index >= 15 is 0 Å². The minimum Gasteiger partial charge on any atom is -0.353 e. The summed E-state index contributed by atoms with van der Waals surface area (Å²) in [6.07, 6.45) is 3.08. The Labute approximate surface area is 94.9 Å². The molecule has 88 valence electrons. The van der Waals surface area contributed by atoms with E-state index in [2.05, 4.69) is 15.3 Å². The summed E-state index contributed by atoms with van der Waals surface area (Å²) in [5.74, 6) is 0.197. The molecule has 0 saturated carbocycles. The molecule has 0 aromatic carbocycles. The molecule has 0 unspecified atom stereocenters. The Bertz CT molecular complexity index is 348. The van der Waals surface area contributed by atoms with Crippen LogP contribution >= 0.6 is 0 Å². The molecule has 1 saturated heterocycles. The van der Waals surface area contributed by atoms with E-state index in [1.807, 2.05) is 11.8 Å². The van der Waals surface area contributed by atoms with Crippen molar-refractivity contribution in [2.75, 3.05) is 31.1 Å². The van der Waals surface area contributed by atoms with Gasteiger partial charge in [0.1, 0.15) is 6.33 Å². The predicted molar refractivity (Wildman–Crippen MR) is 61.1 cm³/mol. The molecule has 0 atom stereocenters. The van der Waals surface area contributed by atoms with Crippen LogP contribution in [0.2, 0.25) is 0 Å². The van der Waals surface area contributed by atoms with E-state index in [4.69, 9.17) is 0 Å². The average molecular weight is 224 g/mol. The van der Waals surface area contributed by atoms with E-state index in [0.717, 1.165) is 32.6 Å². The number of hydrogen-bond acceptors (Lipinski definition) is 4. The average Bonchev–Trinajstić information content (AvgIpc) is 2.58. The third-order valence-electron chi connectivity index (χ3n) is 2.82. The summed E-state index contributed by atoms with van der Waals surface area (Å²) in [6, 6.07) is 0.